The van der Waals surface area contributed by atoms with Crippen molar-refractivity contribution in [2.45, 2.75) is 6.04 Å². The number of anilines is 1. The van der Waals surface area contributed by atoms with Gasteiger partial charge in [0.05, 0.1) is 31.0 Å². The van der Waals surface area contributed by atoms with Gasteiger partial charge in [0.2, 0.25) is 0 Å². The van der Waals surface area contributed by atoms with E-state index >= 15 is 0 Å². The molecule has 0 radical (unpaired) electrons. The Balaban J connectivity index is 2.36. The van der Waals surface area contributed by atoms with E-state index in [2.05, 4.69) is 11.4 Å². The number of hydrogen-bond donors (Lipinski definition) is 1. The van der Waals surface area contributed by atoms with Crippen LogP contribution in [0.25, 0.3) is 0 Å². The second-order valence-electron chi connectivity index (χ2n) is 4.56. The summed E-state index contributed by atoms with van der Waals surface area (Å²) in [6.45, 7) is 0.493. The molecule has 1 atom stereocenters. The van der Waals surface area contributed by atoms with Crippen LogP contribution in [0.4, 0.5) is 5.69 Å². The minimum atomic E-state index is -0.0559. The highest BCUT2D eigenvalue weighted by molar-refractivity contribution is 5.67. The van der Waals surface area contributed by atoms with Gasteiger partial charge in [0, 0.05) is 7.11 Å². The van der Waals surface area contributed by atoms with Gasteiger partial charge in [0.25, 0.3) is 0 Å². The fourth-order valence-corrected chi connectivity index (χ4v) is 2.19. The maximum atomic E-state index is 9.27. The molecule has 0 bridgehead atoms. The molecule has 2 aromatic rings. The highest BCUT2D eigenvalue weighted by Gasteiger charge is 2.16. The third-order valence-electron chi connectivity index (χ3n) is 3.22. The molecule has 2 aromatic carbocycles. The van der Waals surface area contributed by atoms with Gasteiger partial charge in [-0.2, -0.15) is 5.26 Å². The molecule has 1 unspecified atom stereocenters. The third kappa shape index (κ3) is 3.53. The van der Waals surface area contributed by atoms with Crippen LogP contribution in [0.3, 0.4) is 0 Å². The maximum Gasteiger partial charge on any atom is 0.143 e. The SMILES string of the molecule is COCC(Nc1c(C#N)cccc1OC)c1ccccc1. The van der Waals surface area contributed by atoms with E-state index in [1.54, 1.807) is 26.4 Å². The molecular formula is C17H18N2O2. The van der Waals surface area contributed by atoms with Gasteiger partial charge in [0.15, 0.2) is 0 Å². The largest absolute Gasteiger partial charge is 0.495 e. The number of nitrogens with one attached hydrogen (secondary N) is 1. The van der Waals surface area contributed by atoms with Gasteiger partial charge >= 0.3 is 0 Å². The molecule has 4 heteroatoms. The van der Waals surface area contributed by atoms with Crippen molar-refractivity contribution < 1.29 is 9.47 Å². The van der Waals surface area contributed by atoms with Crippen molar-refractivity contribution in [1.82, 2.24) is 0 Å². The lowest BCUT2D eigenvalue weighted by Gasteiger charge is -2.22. The molecule has 0 saturated carbocycles. The predicted octanol–water partition coefficient (Wildman–Crippen LogP) is 3.37. The summed E-state index contributed by atoms with van der Waals surface area (Å²) in [6, 6.07) is 17.5. The number of para-hydroxylation sites is 1. The van der Waals surface area contributed by atoms with Crippen LogP contribution in [0.5, 0.6) is 5.75 Å². The molecule has 4 nitrogen and oxygen atoms in total. The van der Waals surface area contributed by atoms with Crippen molar-refractivity contribution in [3.63, 3.8) is 0 Å². The summed E-state index contributed by atoms with van der Waals surface area (Å²) in [7, 11) is 3.25. The first-order valence-corrected chi connectivity index (χ1v) is 6.67. The van der Waals surface area contributed by atoms with E-state index < -0.39 is 0 Å². The molecule has 0 heterocycles. The summed E-state index contributed by atoms with van der Waals surface area (Å²) in [5, 5.41) is 12.6. The van der Waals surface area contributed by atoms with Crippen molar-refractivity contribution >= 4 is 5.69 Å². The first-order valence-electron chi connectivity index (χ1n) is 6.67. The molecule has 0 amide bonds. The van der Waals surface area contributed by atoms with Crippen LogP contribution in [0.2, 0.25) is 0 Å². The minimum absolute atomic E-state index is 0.0559. The second-order valence-corrected chi connectivity index (χ2v) is 4.56. The third-order valence-corrected chi connectivity index (χ3v) is 3.22. The van der Waals surface area contributed by atoms with Crippen molar-refractivity contribution in [2.24, 2.45) is 0 Å². The van der Waals surface area contributed by atoms with E-state index in [-0.39, 0.29) is 6.04 Å². The van der Waals surface area contributed by atoms with Crippen LogP contribution < -0.4 is 10.1 Å². The number of ether oxygens (including phenoxy) is 2. The Hall–Kier alpha value is -2.51. The zero-order valence-electron chi connectivity index (χ0n) is 12.2. The Morgan fingerprint density at radius 1 is 1.10 bits per heavy atom. The van der Waals surface area contributed by atoms with Crippen LogP contribution in [0.15, 0.2) is 48.5 Å². The molecular weight excluding hydrogens is 264 g/mol. The average molecular weight is 282 g/mol. The summed E-state index contributed by atoms with van der Waals surface area (Å²) >= 11 is 0. The molecule has 0 fully saturated rings. The van der Waals surface area contributed by atoms with Crippen LogP contribution in [-0.2, 0) is 4.74 Å². The predicted molar refractivity (Wildman–Crippen MR) is 82.4 cm³/mol. The normalized spacial score (nSPS) is 11.5. The van der Waals surface area contributed by atoms with Gasteiger partial charge < -0.3 is 14.8 Å². The van der Waals surface area contributed by atoms with E-state index in [0.717, 1.165) is 5.56 Å². The van der Waals surface area contributed by atoms with Crippen molar-refractivity contribution in [3.05, 3.63) is 59.7 Å². The Morgan fingerprint density at radius 3 is 2.48 bits per heavy atom. The van der Waals surface area contributed by atoms with Gasteiger partial charge in [0.1, 0.15) is 11.8 Å². The fourth-order valence-electron chi connectivity index (χ4n) is 2.19. The number of benzene rings is 2. The maximum absolute atomic E-state index is 9.27. The molecule has 1 N–H and O–H groups in total. The van der Waals surface area contributed by atoms with Gasteiger partial charge in [-0.15, -0.1) is 0 Å². The molecule has 0 aliphatic heterocycles. The second kappa shape index (κ2) is 7.32. The van der Waals surface area contributed by atoms with Crippen LogP contribution in [0, 0.1) is 11.3 Å². The number of rotatable bonds is 6. The van der Waals surface area contributed by atoms with Gasteiger partial charge in [-0.05, 0) is 17.7 Å². The zero-order valence-corrected chi connectivity index (χ0v) is 12.2. The first kappa shape index (κ1) is 14.9. The number of methoxy groups -OCH3 is 2. The Labute approximate surface area is 124 Å². The van der Waals surface area contributed by atoms with E-state index in [0.29, 0.717) is 23.6 Å². The lowest BCUT2D eigenvalue weighted by atomic mass is 10.1. The summed E-state index contributed by atoms with van der Waals surface area (Å²) in [4.78, 5) is 0. The lowest BCUT2D eigenvalue weighted by Crippen LogP contribution is -2.17. The molecule has 0 aliphatic rings. The Morgan fingerprint density at radius 2 is 1.86 bits per heavy atom. The van der Waals surface area contributed by atoms with Crippen LogP contribution >= 0.6 is 0 Å². The molecule has 0 saturated heterocycles. The van der Waals surface area contributed by atoms with E-state index in [9.17, 15) is 5.26 Å². The highest BCUT2D eigenvalue weighted by Crippen LogP contribution is 2.31. The molecule has 0 aromatic heterocycles. The van der Waals surface area contributed by atoms with Gasteiger partial charge in [-0.25, -0.2) is 0 Å². The quantitative estimate of drug-likeness (QED) is 0.882. The van der Waals surface area contributed by atoms with Crippen LogP contribution in [-0.4, -0.2) is 20.8 Å². The average Bonchev–Trinajstić information content (AvgIpc) is 2.55. The van der Waals surface area contributed by atoms with E-state index in [1.165, 1.54) is 0 Å². The number of nitrogens with zero attached hydrogens (tertiary/aromatic N) is 1. The van der Waals surface area contributed by atoms with Crippen LogP contribution in [0.1, 0.15) is 17.2 Å². The number of nitriles is 1. The van der Waals surface area contributed by atoms with E-state index in [4.69, 9.17) is 9.47 Å². The topological polar surface area (TPSA) is 54.3 Å². The zero-order chi connectivity index (χ0) is 15.1. The Bertz CT molecular complexity index is 620. The Kier molecular flexibility index (Phi) is 5.19. The summed E-state index contributed by atoms with van der Waals surface area (Å²) in [5.41, 5.74) is 2.33. The van der Waals surface area contributed by atoms with E-state index in [1.807, 2.05) is 36.4 Å². The van der Waals surface area contributed by atoms with Crippen molar-refractivity contribution in [3.8, 4) is 11.8 Å². The summed E-state index contributed by atoms with van der Waals surface area (Å²) < 4.78 is 10.6. The molecule has 2 rings (SSSR count). The first-order chi connectivity index (χ1) is 10.3. The smallest absolute Gasteiger partial charge is 0.143 e. The van der Waals surface area contributed by atoms with Crippen molar-refractivity contribution in [2.75, 3.05) is 26.1 Å². The van der Waals surface area contributed by atoms with Gasteiger partial charge in [-0.3, -0.25) is 0 Å². The standard InChI is InChI=1S/C17H18N2O2/c1-20-12-15(13-7-4-3-5-8-13)19-17-14(11-18)9-6-10-16(17)21-2/h3-10,15,19H,12H2,1-2H3. The summed E-state index contributed by atoms with van der Waals surface area (Å²) in [5.74, 6) is 0.645. The minimum Gasteiger partial charge on any atom is -0.495 e. The monoisotopic (exact) mass is 282 g/mol. The van der Waals surface area contributed by atoms with Gasteiger partial charge in [-0.1, -0.05) is 36.4 Å². The summed E-state index contributed by atoms with van der Waals surface area (Å²) in [6.07, 6.45) is 0. The fraction of sp³-hybridized carbons (Fsp3) is 0.235. The van der Waals surface area contributed by atoms with Crippen molar-refractivity contribution in [1.29, 1.82) is 5.26 Å². The molecule has 0 aliphatic carbocycles. The molecule has 108 valence electrons. The highest BCUT2D eigenvalue weighted by atomic mass is 16.5. The lowest BCUT2D eigenvalue weighted by molar-refractivity contribution is 0.186. The number of hydrogen-bond acceptors (Lipinski definition) is 4. The molecule has 0 spiro atoms. The molecule has 21 heavy (non-hydrogen) atoms.